The summed E-state index contributed by atoms with van der Waals surface area (Å²) >= 11 is 12.2. The summed E-state index contributed by atoms with van der Waals surface area (Å²) in [6, 6.07) is 6.34. The number of carbonyl (C=O) groups is 1. The number of carbonyl (C=O) groups excluding carboxylic acids is 1. The van der Waals surface area contributed by atoms with Gasteiger partial charge in [0.15, 0.2) is 11.6 Å². The molecule has 1 saturated carbocycles. The van der Waals surface area contributed by atoms with Crippen molar-refractivity contribution in [3.05, 3.63) is 67.7 Å². The van der Waals surface area contributed by atoms with E-state index in [2.05, 4.69) is 24.1 Å². The Morgan fingerprint density at radius 3 is 2.40 bits per heavy atom. The van der Waals surface area contributed by atoms with Crippen LogP contribution in [0.5, 0.6) is 5.75 Å². The van der Waals surface area contributed by atoms with E-state index in [4.69, 9.17) is 27.9 Å². The molecule has 11 heteroatoms. The summed E-state index contributed by atoms with van der Waals surface area (Å²) in [6.45, 7) is 9.30. The summed E-state index contributed by atoms with van der Waals surface area (Å²) in [6.07, 6.45) is 3.32. The van der Waals surface area contributed by atoms with E-state index in [0.717, 1.165) is 12.8 Å². The average molecular weight is 620 g/mol. The number of nitrogens with zero attached hydrogens (tertiary/aromatic N) is 3. The lowest BCUT2D eigenvalue weighted by atomic mass is 10.0. The van der Waals surface area contributed by atoms with Crippen molar-refractivity contribution in [3.8, 4) is 5.75 Å². The molecule has 1 aromatic heterocycles. The lowest BCUT2D eigenvalue weighted by molar-refractivity contribution is 0.00235. The van der Waals surface area contributed by atoms with E-state index in [-0.39, 0.29) is 41.4 Å². The van der Waals surface area contributed by atoms with Gasteiger partial charge in [0.25, 0.3) is 5.91 Å². The predicted molar refractivity (Wildman–Crippen MR) is 165 cm³/mol. The molecule has 0 unspecified atom stereocenters. The molecule has 2 atom stereocenters. The van der Waals surface area contributed by atoms with E-state index in [1.165, 1.54) is 13.2 Å². The maximum absolute atomic E-state index is 16.0. The van der Waals surface area contributed by atoms with E-state index in [0.29, 0.717) is 46.4 Å². The highest BCUT2D eigenvalue weighted by atomic mass is 35.5. The number of halogens is 3. The van der Waals surface area contributed by atoms with Crippen molar-refractivity contribution in [2.24, 2.45) is 0 Å². The van der Waals surface area contributed by atoms with Crippen LogP contribution in [0.2, 0.25) is 10.0 Å². The molecule has 0 spiro atoms. The fourth-order valence-electron chi connectivity index (χ4n) is 5.97. The van der Waals surface area contributed by atoms with Crippen molar-refractivity contribution in [2.45, 2.75) is 70.8 Å². The van der Waals surface area contributed by atoms with Gasteiger partial charge in [0.1, 0.15) is 11.3 Å². The lowest BCUT2D eigenvalue weighted by Gasteiger charge is -2.47. The zero-order valence-corrected chi connectivity index (χ0v) is 26.0. The Morgan fingerprint density at radius 2 is 1.83 bits per heavy atom. The molecule has 2 heterocycles. The average Bonchev–Trinajstić information content (AvgIpc) is 3.75. The van der Waals surface area contributed by atoms with Gasteiger partial charge < -0.3 is 24.6 Å². The van der Waals surface area contributed by atoms with Crippen molar-refractivity contribution >= 4 is 45.7 Å². The summed E-state index contributed by atoms with van der Waals surface area (Å²) in [5.41, 5.74) is -0.0607. The van der Waals surface area contributed by atoms with Crippen molar-refractivity contribution in [2.75, 3.05) is 31.6 Å². The third-order valence-electron chi connectivity index (χ3n) is 8.03. The van der Waals surface area contributed by atoms with E-state index >= 15 is 4.39 Å². The summed E-state index contributed by atoms with van der Waals surface area (Å²) in [5, 5.41) is 14.2. The standard InChI is InChI=1S/C31H37Cl2FN4O4/c1-17-13-36(14-18(2)38(17)16-31(3,4)41)27-25(34)11-22-26(29(27)42-5)37(21-8-9-21)15-23(28(22)39)30(40)35-12-19-6-7-20(32)10-24(19)33/h6-7,10-11,15,17-18,21,41H,8-9,12-14,16H2,1-5H3,(H,35,40)/t17-,18+. The Balaban J connectivity index is 1.53. The number of nitrogens with one attached hydrogen (secondary N) is 1. The first-order chi connectivity index (χ1) is 19.8. The number of aliphatic hydroxyl groups is 1. The molecule has 42 heavy (non-hydrogen) atoms. The molecule has 1 aliphatic heterocycles. The molecule has 226 valence electrons. The first-order valence-corrected chi connectivity index (χ1v) is 14.9. The maximum Gasteiger partial charge on any atom is 0.257 e. The van der Waals surface area contributed by atoms with Crippen LogP contribution in [0.1, 0.15) is 62.5 Å². The Kier molecular flexibility index (Phi) is 8.51. The minimum absolute atomic E-state index is 0.0332. The maximum atomic E-state index is 16.0. The summed E-state index contributed by atoms with van der Waals surface area (Å²) in [4.78, 5) is 31.1. The zero-order chi connectivity index (χ0) is 30.5. The van der Waals surface area contributed by atoms with Gasteiger partial charge in [-0.3, -0.25) is 14.5 Å². The Bertz CT molecular complexity index is 1570. The van der Waals surface area contributed by atoms with Crippen LogP contribution in [0.3, 0.4) is 0 Å². The first kappa shape index (κ1) is 30.6. The second kappa shape index (κ2) is 11.7. The van der Waals surface area contributed by atoms with E-state index in [1.54, 1.807) is 38.2 Å². The number of anilines is 1. The SMILES string of the molecule is COc1c(N2C[C@@H](C)N(CC(C)(C)O)[C@@H](C)C2)c(F)cc2c(=O)c(C(=O)NCc3ccc(Cl)cc3Cl)cn(C3CC3)c12. The zero-order valence-electron chi connectivity index (χ0n) is 24.5. The Morgan fingerprint density at radius 1 is 1.17 bits per heavy atom. The third-order valence-corrected chi connectivity index (χ3v) is 8.62. The van der Waals surface area contributed by atoms with Gasteiger partial charge in [0, 0.05) is 60.5 Å². The van der Waals surface area contributed by atoms with E-state index in [9.17, 15) is 14.7 Å². The smallest absolute Gasteiger partial charge is 0.257 e. The number of ether oxygens (including phenoxy) is 1. The van der Waals surface area contributed by atoms with Crippen LogP contribution in [0.25, 0.3) is 10.9 Å². The molecule has 8 nitrogen and oxygen atoms in total. The van der Waals surface area contributed by atoms with Gasteiger partial charge in [-0.25, -0.2) is 4.39 Å². The van der Waals surface area contributed by atoms with Gasteiger partial charge in [-0.1, -0.05) is 29.3 Å². The van der Waals surface area contributed by atoms with Crippen molar-refractivity contribution in [3.63, 3.8) is 0 Å². The van der Waals surface area contributed by atoms with Gasteiger partial charge in [-0.15, -0.1) is 0 Å². The number of rotatable bonds is 8. The molecule has 2 fully saturated rings. The normalized spacial score (nSPS) is 19.8. The van der Waals surface area contributed by atoms with Crippen LogP contribution in [0.15, 0.2) is 35.3 Å². The van der Waals surface area contributed by atoms with Crippen LogP contribution < -0.4 is 20.4 Å². The summed E-state index contributed by atoms with van der Waals surface area (Å²) in [5.74, 6) is -0.875. The minimum Gasteiger partial charge on any atom is -0.492 e. The highest BCUT2D eigenvalue weighted by molar-refractivity contribution is 6.35. The number of amides is 1. The monoisotopic (exact) mass is 618 g/mol. The minimum atomic E-state index is -0.859. The number of fused-ring (bicyclic) bond motifs is 1. The largest absolute Gasteiger partial charge is 0.492 e. The van der Waals surface area contributed by atoms with Crippen molar-refractivity contribution < 1.29 is 19.0 Å². The van der Waals surface area contributed by atoms with Gasteiger partial charge >= 0.3 is 0 Å². The van der Waals surface area contributed by atoms with Gasteiger partial charge in [-0.2, -0.15) is 0 Å². The number of benzene rings is 2. The molecular weight excluding hydrogens is 582 g/mol. The summed E-state index contributed by atoms with van der Waals surface area (Å²) < 4.78 is 23.8. The lowest BCUT2D eigenvalue weighted by Crippen LogP contribution is -2.59. The molecule has 3 aromatic rings. The van der Waals surface area contributed by atoms with Crippen molar-refractivity contribution in [1.82, 2.24) is 14.8 Å². The molecule has 0 bridgehead atoms. The molecule has 1 amide bonds. The topological polar surface area (TPSA) is 87.0 Å². The highest BCUT2D eigenvalue weighted by Gasteiger charge is 2.36. The second-order valence-electron chi connectivity index (χ2n) is 12.2. The van der Waals surface area contributed by atoms with Gasteiger partial charge in [0.05, 0.1) is 23.6 Å². The molecule has 5 rings (SSSR count). The molecule has 2 N–H and O–H groups in total. The number of pyridine rings is 1. The number of β-amino-alcohol motifs (C(OH)–C–C–N with tert-alkyl or cyclic N) is 1. The third kappa shape index (κ3) is 6.11. The van der Waals surface area contributed by atoms with Crippen molar-refractivity contribution in [1.29, 1.82) is 0 Å². The van der Waals surface area contributed by atoms with Crippen LogP contribution in [0.4, 0.5) is 10.1 Å². The number of hydrogen-bond acceptors (Lipinski definition) is 6. The molecule has 0 radical (unpaired) electrons. The quantitative estimate of drug-likeness (QED) is 0.352. The molecule has 2 aliphatic rings. The highest BCUT2D eigenvalue weighted by Crippen LogP contribution is 2.44. The Labute approximate surface area is 254 Å². The van der Waals surface area contributed by atoms with Crippen LogP contribution in [0, 0.1) is 5.82 Å². The Hall–Kier alpha value is -2.85. The van der Waals surface area contributed by atoms with Crippen LogP contribution in [-0.2, 0) is 6.54 Å². The summed E-state index contributed by atoms with van der Waals surface area (Å²) in [7, 11) is 1.48. The fourth-order valence-corrected chi connectivity index (χ4v) is 6.44. The molecule has 1 aliphatic carbocycles. The van der Waals surface area contributed by atoms with Gasteiger partial charge in [-0.05, 0) is 64.3 Å². The number of piperazine rings is 1. The number of hydrogen-bond donors (Lipinski definition) is 2. The van der Waals surface area contributed by atoms with Gasteiger partial charge in [0.2, 0.25) is 5.43 Å². The molecular formula is C31H37Cl2FN4O4. The predicted octanol–water partition coefficient (Wildman–Crippen LogP) is 5.39. The van der Waals surface area contributed by atoms with E-state index in [1.807, 2.05) is 9.47 Å². The number of methoxy groups -OCH3 is 1. The first-order valence-electron chi connectivity index (χ1n) is 14.2. The second-order valence-corrected chi connectivity index (χ2v) is 13.0. The molecule has 2 aromatic carbocycles. The van der Waals surface area contributed by atoms with Crippen LogP contribution >= 0.6 is 23.2 Å². The fraction of sp³-hybridized carbons (Fsp3) is 0.484. The van der Waals surface area contributed by atoms with E-state index < -0.39 is 22.8 Å². The number of aromatic nitrogens is 1. The van der Waals surface area contributed by atoms with Crippen LogP contribution in [-0.4, -0.2) is 64.9 Å². The molecule has 1 saturated heterocycles.